The topological polar surface area (TPSA) is 62.2 Å². The zero-order chi connectivity index (χ0) is 13.0. The lowest BCUT2D eigenvalue weighted by atomic mass is 9.85. The van der Waals surface area contributed by atoms with E-state index in [9.17, 15) is 9.90 Å². The highest BCUT2D eigenvalue weighted by atomic mass is 32.1. The van der Waals surface area contributed by atoms with Gasteiger partial charge in [0.15, 0.2) is 0 Å². The molecule has 1 fully saturated rings. The van der Waals surface area contributed by atoms with Crippen LogP contribution in [-0.4, -0.2) is 28.0 Å². The predicted octanol–water partition coefficient (Wildman–Crippen LogP) is 2.12. The molecule has 18 heavy (non-hydrogen) atoms. The molecule has 1 saturated carbocycles. The first-order chi connectivity index (χ1) is 8.68. The SMILES string of the molecule is Cc1nscc1C(=O)NCC(O)C1CCCCC1. The van der Waals surface area contributed by atoms with E-state index in [1.54, 1.807) is 5.38 Å². The Labute approximate surface area is 112 Å². The number of aliphatic hydroxyl groups is 1. The molecule has 1 unspecified atom stereocenters. The van der Waals surface area contributed by atoms with E-state index >= 15 is 0 Å². The van der Waals surface area contributed by atoms with Gasteiger partial charge in [-0.05, 0) is 37.2 Å². The van der Waals surface area contributed by atoms with Crippen LogP contribution in [0.15, 0.2) is 5.38 Å². The number of nitrogens with zero attached hydrogens (tertiary/aromatic N) is 1. The minimum atomic E-state index is -0.416. The Bertz CT molecular complexity index is 399. The van der Waals surface area contributed by atoms with Crippen molar-refractivity contribution in [3.63, 3.8) is 0 Å². The molecule has 1 aliphatic carbocycles. The van der Waals surface area contributed by atoms with Gasteiger partial charge in [0.05, 0.1) is 17.4 Å². The van der Waals surface area contributed by atoms with Crippen molar-refractivity contribution in [2.24, 2.45) is 5.92 Å². The van der Waals surface area contributed by atoms with Crippen molar-refractivity contribution in [1.82, 2.24) is 9.69 Å². The summed E-state index contributed by atoms with van der Waals surface area (Å²) in [6, 6.07) is 0. The molecule has 1 aromatic rings. The third-order valence-electron chi connectivity index (χ3n) is 3.66. The van der Waals surface area contributed by atoms with Crippen LogP contribution in [0, 0.1) is 12.8 Å². The van der Waals surface area contributed by atoms with E-state index in [0.717, 1.165) is 18.5 Å². The van der Waals surface area contributed by atoms with Gasteiger partial charge in [-0.2, -0.15) is 4.37 Å². The van der Waals surface area contributed by atoms with Crippen molar-refractivity contribution in [2.45, 2.75) is 45.1 Å². The predicted molar refractivity (Wildman–Crippen MR) is 71.8 cm³/mol. The molecule has 0 radical (unpaired) electrons. The lowest BCUT2D eigenvalue weighted by Crippen LogP contribution is -2.37. The second kappa shape index (κ2) is 6.29. The first kappa shape index (κ1) is 13.5. The standard InChI is InChI=1S/C13H20N2O2S/c1-9-11(8-18-15-9)13(17)14-7-12(16)10-5-3-2-4-6-10/h8,10,12,16H,2-7H2,1H3,(H,14,17). The zero-order valence-corrected chi connectivity index (χ0v) is 11.5. The van der Waals surface area contributed by atoms with Gasteiger partial charge < -0.3 is 10.4 Å². The van der Waals surface area contributed by atoms with Gasteiger partial charge in [0.2, 0.25) is 0 Å². The molecule has 0 aromatic carbocycles. The fourth-order valence-electron chi connectivity index (χ4n) is 2.49. The second-order valence-corrected chi connectivity index (χ2v) is 5.62. The minimum absolute atomic E-state index is 0.129. The largest absolute Gasteiger partial charge is 0.391 e. The van der Waals surface area contributed by atoms with Gasteiger partial charge in [0.25, 0.3) is 5.91 Å². The lowest BCUT2D eigenvalue weighted by Gasteiger charge is -2.26. The van der Waals surface area contributed by atoms with E-state index in [1.165, 1.54) is 30.8 Å². The van der Waals surface area contributed by atoms with Crippen molar-refractivity contribution in [2.75, 3.05) is 6.54 Å². The summed E-state index contributed by atoms with van der Waals surface area (Å²) in [6.45, 7) is 2.17. The van der Waals surface area contributed by atoms with E-state index < -0.39 is 6.10 Å². The lowest BCUT2D eigenvalue weighted by molar-refractivity contribution is 0.0738. The number of rotatable bonds is 4. The van der Waals surface area contributed by atoms with Gasteiger partial charge in [0.1, 0.15) is 0 Å². The van der Waals surface area contributed by atoms with Gasteiger partial charge >= 0.3 is 0 Å². The number of hydrogen-bond donors (Lipinski definition) is 2. The third-order valence-corrected chi connectivity index (χ3v) is 4.38. The van der Waals surface area contributed by atoms with Crippen molar-refractivity contribution < 1.29 is 9.90 Å². The highest BCUT2D eigenvalue weighted by molar-refractivity contribution is 7.03. The number of nitrogens with one attached hydrogen (secondary N) is 1. The molecule has 1 aromatic heterocycles. The van der Waals surface area contributed by atoms with Crippen LogP contribution < -0.4 is 5.32 Å². The van der Waals surface area contributed by atoms with Gasteiger partial charge in [-0.15, -0.1) is 0 Å². The summed E-state index contributed by atoms with van der Waals surface area (Å²) in [4.78, 5) is 11.9. The first-order valence-corrected chi connectivity index (χ1v) is 7.39. The molecule has 0 saturated heterocycles. The van der Waals surface area contributed by atoms with Gasteiger partial charge in [-0.3, -0.25) is 4.79 Å². The molecule has 2 rings (SSSR count). The van der Waals surface area contributed by atoms with E-state index in [0.29, 0.717) is 18.0 Å². The summed E-state index contributed by atoms with van der Waals surface area (Å²) in [6.07, 6.45) is 5.41. The smallest absolute Gasteiger partial charge is 0.254 e. The fraction of sp³-hybridized carbons (Fsp3) is 0.692. The number of aryl methyl sites for hydroxylation is 1. The molecule has 4 nitrogen and oxygen atoms in total. The van der Waals surface area contributed by atoms with Crippen molar-refractivity contribution in [3.05, 3.63) is 16.6 Å². The first-order valence-electron chi connectivity index (χ1n) is 6.55. The molecular weight excluding hydrogens is 248 g/mol. The number of carbonyl (C=O) groups excluding carboxylic acids is 1. The summed E-state index contributed by atoms with van der Waals surface area (Å²) >= 11 is 1.28. The normalized spacial score (nSPS) is 18.6. The Morgan fingerprint density at radius 2 is 2.28 bits per heavy atom. The fourth-order valence-corrected chi connectivity index (χ4v) is 3.18. The molecule has 2 N–H and O–H groups in total. The number of hydrogen-bond acceptors (Lipinski definition) is 4. The molecule has 5 heteroatoms. The minimum Gasteiger partial charge on any atom is -0.391 e. The summed E-state index contributed by atoms with van der Waals surface area (Å²) in [5.41, 5.74) is 1.38. The van der Waals surface area contributed by atoms with Crippen LogP contribution in [0.25, 0.3) is 0 Å². The van der Waals surface area contributed by atoms with Crippen LogP contribution in [-0.2, 0) is 0 Å². The van der Waals surface area contributed by atoms with E-state index in [2.05, 4.69) is 9.69 Å². The molecule has 0 spiro atoms. The second-order valence-electron chi connectivity index (χ2n) is 4.99. The van der Waals surface area contributed by atoms with Crippen LogP contribution in [0.1, 0.15) is 48.2 Å². The summed E-state index contributed by atoms with van der Waals surface area (Å²) in [7, 11) is 0. The highest BCUT2D eigenvalue weighted by Gasteiger charge is 2.22. The van der Waals surface area contributed by atoms with E-state index in [-0.39, 0.29) is 5.91 Å². The van der Waals surface area contributed by atoms with E-state index in [1.807, 2.05) is 6.92 Å². The number of amides is 1. The van der Waals surface area contributed by atoms with Gasteiger partial charge in [-0.25, -0.2) is 0 Å². The van der Waals surface area contributed by atoms with Gasteiger partial charge in [-0.1, -0.05) is 19.3 Å². The van der Waals surface area contributed by atoms with E-state index in [4.69, 9.17) is 0 Å². The summed E-state index contributed by atoms with van der Waals surface area (Å²) in [5.74, 6) is 0.219. The Morgan fingerprint density at radius 3 is 2.89 bits per heavy atom. The summed E-state index contributed by atoms with van der Waals surface area (Å²) in [5, 5.41) is 14.6. The third kappa shape index (κ3) is 3.29. The van der Waals surface area contributed by atoms with Crippen molar-refractivity contribution >= 4 is 17.4 Å². The Kier molecular flexibility index (Phi) is 4.72. The van der Waals surface area contributed by atoms with Crippen LogP contribution in [0.3, 0.4) is 0 Å². The van der Waals surface area contributed by atoms with Crippen LogP contribution in [0.2, 0.25) is 0 Å². The molecular formula is C13H20N2O2S. The number of aromatic nitrogens is 1. The molecule has 100 valence electrons. The highest BCUT2D eigenvalue weighted by Crippen LogP contribution is 2.26. The molecule has 0 aliphatic heterocycles. The van der Waals surface area contributed by atoms with Crippen LogP contribution in [0.4, 0.5) is 0 Å². The maximum atomic E-state index is 11.9. The molecule has 0 bridgehead atoms. The molecule has 1 atom stereocenters. The monoisotopic (exact) mass is 268 g/mol. The Hall–Kier alpha value is -0.940. The molecule has 1 amide bonds. The molecule has 1 aliphatic rings. The average molecular weight is 268 g/mol. The quantitative estimate of drug-likeness (QED) is 0.879. The average Bonchev–Trinajstić information content (AvgIpc) is 2.83. The number of carbonyl (C=O) groups is 1. The zero-order valence-electron chi connectivity index (χ0n) is 10.7. The maximum absolute atomic E-state index is 11.9. The van der Waals surface area contributed by atoms with Crippen molar-refractivity contribution in [1.29, 1.82) is 0 Å². The maximum Gasteiger partial charge on any atom is 0.254 e. The van der Waals surface area contributed by atoms with Crippen LogP contribution in [0.5, 0.6) is 0 Å². The Morgan fingerprint density at radius 1 is 1.56 bits per heavy atom. The molecule has 1 heterocycles. The number of aliphatic hydroxyl groups excluding tert-OH is 1. The Balaban J connectivity index is 1.80. The van der Waals surface area contributed by atoms with Gasteiger partial charge in [0, 0.05) is 11.9 Å². The summed E-state index contributed by atoms with van der Waals surface area (Å²) < 4.78 is 4.07. The van der Waals surface area contributed by atoms with Crippen LogP contribution >= 0.6 is 11.5 Å². The van der Waals surface area contributed by atoms with Crippen molar-refractivity contribution in [3.8, 4) is 0 Å².